The average Bonchev–Trinajstić information content (AvgIpc) is 2.92. The fourth-order valence-electron chi connectivity index (χ4n) is 1.87. The fourth-order valence-corrected chi connectivity index (χ4v) is 1.87. The topological polar surface area (TPSA) is 79.1 Å². The minimum Gasteiger partial charge on any atom is -0.477 e. The van der Waals surface area contributed by atoms with E-state index < -0.39 is 5.97 Å². The van der Waals surface area contributed by atoms with Crippen LogP contribution < -0.4 is 0 Å². The molecule has 3 aromatic rings. The second kappa shape index (κ2) is 3.69. The summed E-state index contributed by atoms with van der Waals surface area (Å²) in [6.45, 7) is 0. The third-order valence-corrected chi connectivity index (χ3v) is 2.69. The van der Waals surface area contributed by atoms with Gasteiger partial charge < -0.3 is 14.6 Å². The van der Waals surface area contributed by atoms with Gasteiger partial charge in [0.05, 0.1) is 6.20 Å². The van der Waals surface area contributed by atoms with Gasteiger partial charge in [-0.3, -0.25) is 0 Å². The highest BCUT2D eigenvalue weighted by molar-refractivity contribution is 6.01. The summed E-state index contributed by atoms with van der Waals surface area (Å²) >= 11 is 0. The van der Waals surface area contributed by atoms with Crippen LogP contribution in [0.4, 0.5) is 4.39 Å². The number of aromatic amines is 1. The number of fused-ring (bicyclic) bond motifs is 1. The Labute approximate surface area is 99.8 Å². The Morgan fingerprint density at radius 3 is 3.06 bits per heavy atom. The molecule has 0 saturated heterocycles. The number of hydrogen-bond acceptors (Lipinski definition) is 3. The molecule has 6 heteroatoms. The van der Waals surface area contributed by atoms with Crippen molar-refractivity contribution < 1.29 is 18.8 Å². The lowest BCUT2D eigenvalue weighted by Gasteiger charge is -1.96. The molecule has 0 aliphatic rings. The molecule has 5 nitrogen and oxygen atoms in total. The van der Waals surface area contributed by atoms with E-state index in [1.54, 1.807) is 12.3 Å². The zero-order chi connectivity index (χ0) is 12.7. The van der Waals surface area contributed by atoms with Crippen LogP contribution >= 0.6 is 0 Å². The van der Waals surface area contributed by atoms with E-state index in [4.69, 9.17) is 9.63 Å². The Morgan fingerprint density at radius 2 is 2.28 bits per heavy atom. The largest absolute Gasteiger partial charge is 0.477 e. The molecule has 2 aromatic heterocycles. The summed E-state index contributed by atoms with van der Waals surface area (Å²) in [5, 5.41) is 13.2. The third-order valence-electron chi connectivity index (χ3n) is 2.69. The van der Waals surface area contributed by atoms with Gasteiger partial charge in [0.2, 0.25) is 0 Å². The van der Waals surface area contributed by atoms with E-state index in [1.807, 2.05) is 0 Å². The second-order valence-electron chi connectivity index (χ2n) is 3.77. The normalized spacial score (nSPS) is 10.9. The Morgan fingerprint density at radius 1 is 1.44 bits per heavy atom. The van der Waals surface area contributed by atoms with Crippen LogP contribution in [0.3, 0.4) is 0 Å². The molecule has 0 radical (unpaired) electrons. The molecule has 0 unspecified atom stereocenters. The van der Waals surface area contributed by atoms with Gasteiger partial charge in [0.25, 0.3) is 0 Å². The van der Waals surface area contributed by atoms with E-state index in [0.717, 1.165) is 6.20 Å². The minimum absolute atomic E-state index is 0.0276. The molecular formula is C12H7FN2O3. The number of benzene rings is 1. The van der Waals surface area contributed by atoms with Crippen LogP contribution in [-0.2, 0) is 0 Å². The van der Waals surface area contributed by atoms with Gasteiger partial charge in [0, 0.05) is 22.7 Å². The van der Waals surface area contributed by atoms with E-state index >= 15 is 0 Å². The molecule has 0 spiro atoms. The van der Waals surface area contributed by atoms with Crippen molar-refractivity contribution in [3.8, 4) is 11.3 Å². The molecule has 0 aliphatic heterocycles. The van der Waals surface area contributed by atoms with Gasteiger partial charge in [-0.05, 0) is 18.2 Å². The number of aromatic carboxylic acids is 1. The number of halogens is 1. The highest BCUT2D eigenvalue weighted by Crippen LogP contribution is 2.31. The van der Waals surface area contributed by atoms with Crippen molar-refractivity contribution in [2.45, 2.75) is 0 Å². The van der Waals surface area contributed by atoms with Crippen molar-refractivity contribution in [2.75, 3.05) is 0 Å². The number of carbonyl (C=O) groups is 1. The maximum Gasteiger partial charge on any atom is 0.341 e. The van der Waals surface area contributed by atoms with Crippen LogP contribution in [0, 0.1) is 5.82 Å². The van der Waals surface area contributed by atoms with E-state index in [0.29, 0.717) is 16.5 Å². The predicted octanol–water partition coefficient (Wildman–Crippen LogP) is 2.66. The van der Waals surface area contributed by atoms with Crippen LogP contribution in [0.5, 0.6) is 0 Å². The molecular weight excluding hydrogens is 239 g/mol. The lowest BCUT2D eigenvalue weighted by atomic mass is 10.1. The molecule has 0 fully saturated rings. The molecule has 0 aliphatic carbocycles. The van der Waals surface area contributed by atoms with Crippen molar-refractivity contribution in [3.63, 3.8) is 0 Å². The van der Waals surface area contributed by atoms with Crippen molar-refractivity contribution in [1.29, 1.82) is 0 Å². The zero-order valence-electron chi connectivity index (χ0n) is 8.98. The number of hydrogen-bond donors (Lipinski definition) is 2. The Balaban J connectivity index is 2.26. The van der Waals surface area contributed by atoms with Gasteiger partial charge >= 0.3 is 5.97 Å². The predicted molar refractivity (Wildman–Crippen MR) is 60.7 cm³/mol. The zero-order valence-corrected chi connectivity index (χ0v) is 8.98. The Kier molecular flexibility index (Phi) is 2.16. The Hall–Kier alpha value is -2.63. The Bertz CT molecular complexity index is 745. The van der Waals surface area contributed by atoms with Gasteiger partial charge in [0.15, 0.2) is 5.76 Å². The summed E-state index contributed by atoms with van der Waals surface area (Å²) in [5.74, 6) is -1.34. The van der Waals surface area contributed by atoms with E-state index in [2.05, 4.69) is 10.1 Å². The molecule has 18 heavy (non-hydrogen) atoms. The fraction of sp³-hybridized carbons (Fsp3) is 0. The first-order chi connectivity index (χ1) is 8.66. The number of nitrogens with one attached hydrogen (secondary N) is 1. The summed E-state index contributed by atoms with van der Waals surface area (Å²) in [6.07, 6.45) is 2.71. The molecule has 0 saturated carbocycles. The van der Waals surface area contributed by atoms with Gasteiger partial charge in [-0.25, -0.2) is 9.18 Å². The lowest BCUT2D eigenvalue weighted by Crippen LogP contribution is -1.95. The molecule has 90 valence electrons. The molecule has 0 amide bonds. The summed E-state index contributed by atoms with van der Waals surface area (Å²) in [5.41, 5.74) is 1.08. The van der Waals surface area contributed by atoms with Crippen molar-refractivity contribution in [2.24, 2.45) is 0 Å². The van der Waals surface area contributed by atoms with Crippen LogP contribution in [0.15, 0.2) is 35.1 Å². The molecule has 2 N–H and O–H groups in total. The van der Waals surface area contributed by atoms with Crippen molar-refractivity contribution in [3.05, 3.63) is 42.0 Å². The van der Waals surface area contributed by atoms with E-state index in [1.165, 1.54) is 12.1 Å². The molecule has 0 atom stereocenters. The van der Waals surface area contributed by atoms with Crippen molar-refractivity contribution in [1.82, 2.24) is 10.1 Å². The van der Waals surface area contributed by atoms with Gasteiger partial charge in [-0.15, -0.1) is 0 Å². The van der Waals surface area contributed by atoms with Gasteiger partial charge in [-0.1, -0.05) is 5.16 Å². The number of carboxylic acids is 1. The number of nitrogens with zero attached hydrogens (tertiary/aromatic N) is 1. The first-order valence-electron chi connectivity index (χ1n) is 5.12. The van der Waals surface area contributed by atoms with Gasteiger partial charge in [0.1, 0.15) is 11.4 Å². The van der Waals surface area contributed by atoms with E-state index in [-0.39, 0.29) is 17.1 Å². The number of aromatic nitrogens is 2. The lowest BCUT2D eigenvalue weighted by molar-refractivity contribution is 0.0697. The number of carboxylic acid groups (broad SMARTS) is 1. The highest BCUT2D eigenvalue weighted by Gasteiger charge is 2.19. The SMILES string of the molecule is O=C(O)c1cnoc1-c1c[nH]c2cc(F)ccc12. The maximum absolute atomic E-state index is 13.0. The quantitative estimate of drug-likeness (QED) is 0.728. The summed E-state index contributed by atoms with van der Waals surface area (Å²) < 4.78 is 18.0. The highest BCUT2D eigenvalue weighted by atomic mass is 19.1. The summed E-state index contributed by atoms with van der Waals surface area (Å²) in [7, 11) is 0. The minimum atomic E-state index is -1.12. The van der Waals surface area contributed by atoms with Crippen LogP contribution in [0.1, 0.15) is 10.4 Å². The summed E-state index contributed by atoms with van der Waals surface area (Å²) in [6, 6.07) is 4.19. The summed E-state index contributed by atoms with van der Waals surface area (Å²) in [4.78, 5) is 13.9. The molecule has 3 rings (SSSR count). The van der Waals surface area contributed by atoms with Crippen LogP contribution in [-0.4, -0.2) is 21.2 Å². The molecule has 0 bridgehead atoms. The van der Waals surface area contributed by atoms with Gasteiger partial charge in [-0.2, -0.15) is 0 Å². The third kappa shape index (κ3) is 1.46. The first kappa shape index (κ1) is 10.5. The second-order valence-corrected chi connectivity index (χ2v) is 3.77. The number of rotatable bonds is 2. The standard InChI is InChI=1S/C12H7FN2O3/c13-6-1-2-7-8(4-14-10(7)3-6)11-9(12(16)17)5-15-18-11/h1-5,14H,(H,16,17). The van der Waals surface area contributed by atoms with Crippen molar-refractivity contribution >= 4 is 16.9 Å². The average molecular weight is 246 g/mol. The maximum atomic E-state index is 13.0. The first-order valence-corrected chi connectivity index (χ1v) is 5.12. The van der Waals surface area contributed by atoms with Crippen LogP contribution in [0.2, 0.25) is 0 Å². The van der Waals surface area contributed by atoms with Crippen LogP contribution in [0.25, 0.3) is 22.2 Å². The van der Waals surface area contributed by atoms with E-state index in [9.17, 15) is 9.18 Å². The monoisotopic (exact) mass is 246 g/mol. The molecule has 2 heterocycles. The number of H-pyrrole nitrogens is 1. The molecule has 1 aromatic carbocycles. The smallest absolute Gasteiger partial charge is 0.341 e.